The molecule has 0 saturated carbocycles. The molecular weight excluding hydrogens is 475 g/mol. The highest BCUT2D eigenvalue weighted by molar-refractivity contribution is 9.10. The number of hydrogen-bond donors (Lipinski definition) is 0. The molecule has 4 rings (SSSR count). The Balaban J connectivity index is 1.59. The molecule has 7 heteroatoms. The number of aromatic nitrogens is 1. The van der Waals surface area contributed by atoms with Gasteiger partial charge in [-0.2, -0.15) is 0 Å². The van der Waals surface area contributed by atoms with E-state index in [-0.39, 0.29) is 24.6 Å². The van der Waals surface area contributed by atoms with E-state index in [4.69, 9.17) is 9.47 Å². The molecule has 166 valence electrons. The molecular formula is C25H24BrFN2O3. The van der Waals surface area contributed by atoms with Gasteiger partial charge < -0.3 is 9.47 Å². The van der Waals surface area contributed by atoms with Gasteiger partial charge in [-0.3, -0.25) is 14.7 Å². The molecule has 1 aromatic heterocycles. The second-order valence-corrected chi connectivity index (χ2v) is 8.56. The van der Waals surface area contributed by atoms with Crippen molar-refractivity contribution in [3.8, 4) is 5.75 Å². The molecule has 2 aromatic carbocycles. The molecule has 0 amide bonds. The zero-order chi connectivity index (χ0) is 22.3. The molecule has 0 N–H and O–H groups in total. The molecule has 0 unspecified atom stereocenters. The fourth-order valence-corrected chi connectivity index (χ4v) is 4.05. The minimum Gasteiger partial charge on any atom is -0.488 e. The highest BCUT2D eigenvalue weighted by Gasteiger charge is 2.19. The Morgan fingerprint density at radius 2 is 1.91 bits per heavy atom. The number of rotatable bonds is 8. The van der Waals surface area contributed by atoms with Crippen LogP contribution in [-0.2, 0) is 24.3 Å². The molecule has 0 aliphatic carbocycles. The number of pyridine rings is 1. The van der Waals surface area contributed by atoms with Crippen LogP contribution in [0.15, 0.2) is 65.4 Å². The van der Waals surface area contributed by atoms with Gasteiger partial charge in [0, 0.05) is 42.9 Å². The van der Waals surface area contributed by atoms with Crippen LogP contribution >= 0.6 is 15.9 Å². The van der Waals surface area contributed by atoms with E-state index < -0.39 is 0 Å². The summed E-state index contributed by atoms with van der Waals surface area (Å²) in [4.78, 5) is 19.5. The third-order valence-corrected chi connectivity index (χ3v) is 6.08. The second kappa shape index (κ2) is 10.8. The largest absolute Gasteiger partial charge is 0.488 e. The van der Waals surface area contributed by atoms with Crippen molar-refractivity contribution in [2.24, 2.45) is 0 Å². The lowest BCUT2D eigenvalue weighted by Gasteiger charge is -2.27. The Bertz CT molecular complexity index is 1050. The van der Waals surface area contributed by atoms with Crippen LogP contribution in [0.4, 0.5) is 4.39 Å². The standard InChI is InChI=1S/C25H24BrFN2O3/c26-23-14-22(24(30)12-19-2-1-7-28-15-19)25(32-17-18-3-5-21(27)6-4-18)13-20(23)16-29-8-10-31-11-9-29/h1-7,13-15H,8-12,16-17H2. The number of Topliss-reactive ketones (excluding diaryl/α,β-unsaturated/α-hetero) is 1. The summed E-state index contributed by atoms with van der Waals surface area (Å²) < 4.78 is 25.6. The van der Waals surface area contributed by atoms with Crippen molar-refractivity contribution in [3.63, 3.8) is 0 Å². The molecule has 1 aliphatic heterocycles. The molecule has 1 fully saturated rings. The SMILES string of the molecule is O=C(Cc1cccnc1)c1cc(Br)c(CN2CCOCC2)cc1OCc1ccc(F)cc1. The molecule has 1 aliphatic rings. The van der Waals surface area contributed by atoms with Crippen molar-refractivity contribution >= 4 is 21.7 Å². The van der Waals surface area contributed by atoms with Crippen molar-refractivity contribution in [1.29, 1.82) is 0 Å². The van der Waals surface area contributed by atoms with Crippen LogP contribution in [0.3, 0.4) is 0 Å². The predicted molar refractivity (Wildman–Crippen MR) is 123 cm³/mol. The molecule has 1 saturated heterocycles. The Kier molecular flexibility index (Phi) is 7.63. The van der Waals surface area contributed by atoms with E-state index in [0.717, 1.165) is 40.8 Å². The monoisotopic (exact) mass is 498 g/mol. The average molecular weight is 499 g/mol. The number of halogens is 2. The van der Waals surface area contributed by atoms with Crippen LogP contribution in [0.5, 0.6) is 5.75 Å². The van der Waals surface area contributed by atoms with Gasteiger partial charge in [-0.25, -0.2) is 4.39 Å². The first-order chi connectivity index (χ1) is 15.6. The van der Waals surface area contributed by atoms with Gasteiger partial charge in [0.2, 0.25) is 0 Å². The number of hydrogen-bond acceptors (Lipinski definition) is 5. The van der Waals surface area contributed by atoms with Crippen LogP contribution in [0.25, 0.3) is 0 Å². The Labute approximate surface area is 195 Å². The van der Waals surface area contributed by atoms with Crippen molar-refractivity contribution in [3.05, 3.63) is 93.5 Å². The minimum atomic E-state index is -0.294. The van der Waals surface area contributed by atoms with Crippen LogP contribution in [-0.4, -0.2) is 42.0 Å². The summed E-state index contributed by atoms with van der Waals surface area (Å²) in [7, 11) is 0. The maximum Gasteiger partial charge on any atom is 0.171 e. The van der Waals surface area contributed by atoms with E-state index in [1.54, 1.807) is 24.5 Å². The smallest absolute Gasteiger partial charge is 0.171 e. The van der Waals surface area contributed by atoms with E-state index in [1.165, 1.54) is 12.1 Å². The Hall–Kier alpha value is -2.61. The maximum absolute atomic E-state index is 13.2. The molecule has 0 atom stereocenters. The number of nitrogens with zero attached hydrogens (tertiary/aromatic N) is 2. The summed E-state index contributed by atoms with van der Waals surface area (Å²) in [5, 5.41) is 0. The number of ketones is 1. The minimum absolute atomic E-state index is 0.0503. The summed E-state index contributed by atoms with van der Waals surface area (Å²) in [6.07, 6.45) is 3.61. The van der Waals surface area contributed by atoms with Gasteiger partial charge in [0.25, 0.3) is 0 Å². The van der Waals surface area contributed by atoms with Gasteiger partial charge in [0.05, 0.1) is 18.8 Å². The first kappa shape index (κ1) is 22.6. The van der Waals surface area contributed by atoms with Crippen LogP contribution in [0, 0.1) is 5.82 Å². The van der Waals surface area contributed by atoms with Gasteiger partial charge in [0.15, 0.2) is 5.78 Å². The summed E-state index contributed by atoms with van der Waals surface area (Å²) in [6.45, 7) is 4.13. The summed E-state index contributed by atoms with van der Waals surface area (Å²) in [5.74, 6) is 0.179. The third-order valence-electron chi connectivity index (χ3n) is 5.34. The lowest BCUT2D eigenvalue weighted by molar-refractivity contribution is 0.0340. The quantitative estimate of drug-likeness (QED) is 0.416. The van der Waals surface area contributed by atoms with Crippen molar-refractivity contribution < 1.29 is 18.7 Å². The average Bonchev–Trinajstić information content (AvgIpc) is 2.81. The van der Waals surface area contributed by atoms with Gasteiger partial charge in [0.1, 0.15) is 18.2 Å². The fraction of sp³-hybridized carbons (Fsp3) is 0.280. The number of ether oxygens (including phenoxy) is 2. The lowest BCUT2D eigenvalue weighted by Crippen LogP contribution is -2.35. The zero-order valence-electron chi connectivity index (χ0n) is 17.6. The number of carbonyl (C=O) groups is 1. The fourth-order valence-electron chi connectivity index (χ4n) is 3.58. The summed E-state index contributed by atoms with van der Waals surface area (Å²) >= 11 is 3.65. The van der Waals surface area contributed by atoms with Crippen molar-refractivity contribution in [2.75, 3.05) is 26.3 Å². The zero-order valence-corrected chi connectivity index (χ0v) is 19.2. The normalized spacial score (nSPS) is 14.3. The van der Waals surface area contributed by atoms with E-state index in [1.807, 2.05) is 24.3 Å². The van der Waals surface area contributed by atoms with E-state index >= 15 is 0 Å². The van der Waals surface area contributed by atoms with Crippen molar-refractivity contribution in [1.82, 2.24) is 9.88 Å². The summed E-state index contributed by atoms with van der Waals surface area (Å²) in [5.41, 5.74) is 3.22. The summed E-state index contributed by atoms with van der Waals surface area (Å²) in [6, 6.07) is 13.6. The molecule has 0 radical (unpaired) electrons. The van der Waals surface area contributed by atoms with Gasteiger partial charge in [-0.1, -0.05) is 34.1 Å². The lowest BCUT2D eigenvalue weighted by atomic mass is 10.0. The van der Waals surface area contributed by atoms with Crippen molar-refractivity contribution in [2.45, 2.75) is 19.6 Å². The first-order valence-electron chi connectivity index (χ1n) is 10.5. The van der Waals surface area contributed by atoms with Gasteiger partial charge >= 0.3 is 0 Å². The molecule has 5 nitrogen and oxygen atoms in total. The van der Waals surface area contributed by atoms with Gasteiger partial charge in [-0.15, -0.1) is 0 Å². The number of morpholine rings is 1. The third kappa shape index (κ3) is 6.00. The van der Waals surface area contributed by atoms with Crippen LogP contribution in [0.2, 0.25) is 0 Å². The van der Waals surface area contributed by atoms with E-state index in [0.29, 0.717) is 24.5 Å². The highest BCUT2D eigenvalue weighted by atomic mass is 79.9. The van der Waals surface area contributed by atoms with Gasteiger partial charge in [-0.05, 0) is 47.0 Å². The molecule has 3 aromatic rings. The molecule has 0 bridgehead atoms. The van der Waals surface area contributed by atoms with E-state index in [2.05, 4.69) is 25.8 Å². The Morgan fingerprint density at radius 1 is 1.12 bits per heavy atom. The highest BCUT2D eigenvalue weighted by Crippen LogP contribution is 2.30. The van der Waals surface area contributed by atoms with Crippen LogP contribution < -0.4 is 4.74 Å². The number of carbonyl (C=O) groups excluding carboxylic acids is 1. The molecule has 2 heterocycles. The number of benzene rings is 2. The van der Waals surface area contributed by atoms with Crippen LogP contribution in [0.1, 0.15) is 27.0 Å². The maximum atomic E-state index is 13.2. The Morgan fingerprint density at radius 3 is 2.62 bits per heavy atom. The molecule has 0 spiro atoms. The molecule has 32 heavy (non-hydrogen) atoms. The first-order valence-corrected chi connectivity index (χ1v) is 11.3. The second-order valence-electron chi connectivity index (χ2n) is 7.70. The van der Waals surface area contributed by atoms with E-state index in [9.17, 15) is 9.18 Å². The topological polar surface area (TPSA) is 51.7 Å². The predicted octanol–water partition coefficient (Wildman–Crippen LogP) is 4.82.